The molecule has 0 rings (SSSR count). The van der Waals surface area contributed by atoms with Crippen LogP contribution in [0.4, 0.5) is 0 Å². The maximum atomic E-state index is 5.06. The maximum Gasteiger partial charge on any atom is 0.0864 e. The Morgan fingerprint density at radius 1 is 0.667 bits per heavy atom. The minimum Gasteiger partial charge on any atom is -0.384 e. The van der Waals surface area contributed by atoms with E-state index in [0.29, 0.717) is 39.3 Å². The van der Waals surface area contributed by atoms with E-state index in [0.717, 1.165) is 11.4 Å². The van der Waals surface area contributed by atoms with Gasteiger partial charge in [-0.1, -0.05) is 0 Å². The highest BCUT2D eigenvalue weighted by molar-refractivity contribution is 5.89. The quantitative estimate of drug-likeness (QED) is 0.413. The van der Waals surface area contributed by atoms with Crippen LogP contribution in [0.15, 0.2) is 10.2 Å². The van der Waals surface area contributed by atoms with Gasteiger partial charge in [-0.15, -0.1) is 0 Å². The minimum atomic E-state index is 0.456. The molecule has 0 spiro atoms. The number of rotatable bonds is 11. The molecule has 106 valence electrons. The van der Waals surface area contributed by atoms with Crippen LogP contribution in [0.5, 0.6) is 0 Å². The number of nitrogens with zero attached hydrogens (tertiary/aromatic N) is 2. The smallest absolute Gasteiger partial charge is 0.0864 e. The fourth-order valence-corrected chi connectivity index (χ4v) is 1.22. The lowest BCUT2D eigenvalue weighted by Crippen LogP contribution is -2.12. The van der Waals surface area contributed by atoms with Crippen LogP contribution >= 0.6 is 0 Å². The highest BCUT2D eigenvalue weighted by Gasteiger charge is 2.01. The van der Waals surface area contributed by atoms with E-state index >= 15 is 0 Å². The van der Waals surface area contributed by atoms with Crippen molar-refractivity contribution in [2.24, 2.45) is 10.2 Å². The molecule has 0 aromatic carbocycles. The zero-order valence-corrected chi connectivity index (χ0v) is 11.8. The molecule has 0 saturated heterocycles. The van der Waals surface area contributed by atoms with Gasteiger partial charge in [-0.25, -0.2) is 0 Å². The molecule has 0 unspecified atom stereocenters. The monoisotopic (exact) mass is 260 g/mol. The van der Waals surface area contributed by atoms with Gasteiger partial charge in [0.2, 0.25) is 0 Å². The van der Waals surface area contributed by atoms with E-state index in [2.05, 4.69) is 10.2 Å². The van der Waals surface area contributed by atoms with Gasteiger partial charge in [0.1, 0.15) is 0 Å². The Kier molecular flexibility index (Phi) is 12.1. The van der Waals surface area contributed by atoms with Crippen molar-refractivity contribution in [1.82, 2.24) is 0 Å². The third-order valence-electron chi connectivity index (χ3n) is 2.14. The average molecular weight is 260 g/mol. The molecular formula is C12H24N2O4. The van der Waals surface area contributed by atoms with Crippen molar-refractivity contribution in [2.45, 2.75) is 12.8 Å². The van der Waals surface area contributed by atoms with Crippen LogP contribution in [0.1, 0.15) is 12.8 Å². The molecule has 0 radical (unpaired) electrons. The second-order valence-corrected chi connectivity index (χ2v) is 3.68. The summed E-state index contributed by atoms with van der Waals surface area (Å²) in [4.78, 5) is 0. The first kappa shape index (κ1) is 17.2. The van der Waals surface area contributed by atoms with E-state index in [4.69, 9.17) is 18.9 Å². The summed E-state index contributed by atoms with van der Waals surface area (Å²) in [6.45, 7) is 2.12. The molecule has 18 heavy (non-hydrogen) atoms. The Bertz CT molecular complexity index is 228. The standard InChI is InChI=1S/C12H24N2O4/c1-15-7-5-11(9-17-3)13-14-12(10-18-4)6-8-16-2/h5-10H2,1-4H3/b13-11+,14-12+. The van der Waals surface area contributed by atoms with Gasteiger partial charge >= 0.3 is 0 Å². The lowest BCUT2D eigenvalue weighted by Gasteiger charge is -2.05. The van der Waals surface area contributed by atoms with Crippen molar-refractivity contribution in [1.29, 1.82) is 0 Å². The van der Waals surface area contributed by atoms with E-state index in [1.54, 1.807) is 28.4 Å². The highest BCUT2D eigenvalue weighted by atomic mass is 16.5. The molecule has 0 amide bonds. The summed E-state index contributed by atoms with van der Waals surface area (Å²) in [6, 6.07) is 0. The Hall–Kier alpha value is -0.820. The Morgan fingerprint density at radius 2 is 1.06 bits per heavy atom. The molecule has 0 aliphatic rings. The summed E-state index contributed by atoms with van der Waals surface area (Å²) in [5.41, 5.74) is 1.70. The second kappa shape index (κ2) is 12.6. The minimum absolute atomic E-state index is 0.456. The van der Waals surface area contributed by atoms with Crippen LogP contribution in [-0.4, -0.2) is 66.3 Å². The van der Waals surface area contributed by atoms with Crippen molar-refractivity contribution in [3.63, 3.8) is 0 Å². The van der Waals surface area contributed by atoms with Gasteiger partial charge in [0.05, 0.1) is 37.9 Å². The summed E-state index contributed by atoms with van der Waals surface area (Å²) >= 11 is 0. The van der Waals surface area contributed by atoms with Crippen molar-refractivity contribution in [2.75, 3.05) is 54.9 Å². The Balaban J connectivity index is 4.48. The first-order valence-electron chi connectivity index (χ1n) is 5.85. The maximum absolute atomic E-state index is 5.06. The SMILES string of the molecule is COCC/C(COC)=N\N=C(/CCOC)COC. The molecule has 0 heterocycles. The van der Waals surface area contributed by atoms with E-state index in [-0.39, 0.29) is 0 Å². The molecule has 0 atom stereocenters. The third kappa shape index (κ3) is 9.23. The zero-order chi connectivity index (χ0) is 13.6. The van der Waals surface area contributed by atoms with Crippen LogP contribution in [0.3, 0.4) is 0 Å². The normalized spacial score (nSPS) is 13.1. The van der Waals surface area contributed by atoms with Gasteiger partial charge in [0.25, 0.3) is 0 Å². The fraction of sp³-hybridized carbons (Fsp3) is 0.833. The molecule has 0 aliphatic heterocycles. The van der Waals surface area contributed by atoms with E-state index in [1.165, 1.54) is 0 Å². The van der Waals surface area contributed by atoms with E-state index in [9.17, 15) is 0 Å². The first-order chi connectivity index (χ1) is 8.78. The first-order valence-corrected chi connectivity index (χ1v) is 5.85. The molecule has 0 aliphatic carbocycles. The summed E-state index contributed by atoms with van der Waals surface area (Å²) in [7, 11) is 6.57. The Labute approximate surface area is 109 Å². The van der Waals surface area contributed by atoms with Crippen molar-refractivity contribution >= 4 is 11.4 Å². The molecule has 0 bridgehead atoms. The van der Waals surface area contributed by atoms with Gasteiger partial charge in [0, 0.05) is 41.3 Å². The van der Waals surface area contributed by atoms with Crippen LogP contribution < -0.4 is 0 Å². The van der Waals surface area contributed by atoms with E-state index in [1.807, 2.05) is 0 Å². The largest absolute Gasteiger partial charge is 0.384 e. The van der Waals surface area contributed by atoms with Crippen molar-refractivity contribution in [3.8, 4) is 0 Å². The zero-order valence-electron chi connectivity index (χ0n) is 11.8. The lowest BCUT2D eigenvalue weighted by atomic mass is 10.3. The van der Waals surface area contributed by atoms with Crippen molar-refractivity contribution in [3.05, 3.63) is 0 Å². The predicted molar refractivity (Wildman–Crippen MR) is 71.6 cm³/mol. The molecule has 6 nitrogen and oxygen atoms in total. The van der Waals surface area contributed by atoms with Crippen molar-refractivity contribution < 1.29 is 18.9 Å². The van der Waals surface area contributed by atoms with E-state index < -0.39 is 0 Å². The molecule has 0 fully saturated rings. The van der Waals surface area contributed by atoms with Gasteiger partial charge in [0.15, 0.2) is 0 Å². The van der Waals surface area contributed by atoms with Crippen LogP contribution in [0.25, 0.3) is 0 Å². The van der Waals surface area contributed by atoms with Gasteiger partial charge in [-0.05, 0) is 0 Å². The Morgan fingerprint density at radius 3 is 1.33 bits per heavy atom. The van der Waals surface area contributed by atoms with Crippen LogP contribution in [-0.2, 0) is 18.9 Å². The summed E-state index contributed by atoms with van der Waals surface area (Å²) in [5, 5.41) is 8.37. The summed E-state index contributed by atoms with van der Waals surface area (Å²) in [5.74, 6) is 0. The second-order valence-electron chi connectivity index (χ2n) is 3.68. The molecular weight excluding hydrogens is 236 g/mol. The molecule has 0 saturated carbocycles. The van der Waals surface area contributed by atoms with Gasteiger partial charge in [-0.2, -0.15) is 10.2 Å². The lowest BCUT2D eigenvalue weighted by molar-refractivity contribution is 0.200. The predicted octanol–water partition coefficient (Wildman–Crippen LogP) is 1.15. The molecule has 0 N–H and O–H groups in total. The summed E-state index contributed by atoms with van der Waals surface area (Å²) < 4.78 is 20.1. The molecule has 0 aromatic heterocycles. The topological polar surface area (TPSA) is 61.6 Å². The number of hydrogen-bond acceptors (Lipinski definition) is 6. The molecule has 6 heteroatoms. The molecule has 0 aromatic rings. The number of methoxy groups -OCH3 is 4. The summed E-state index contributed by atoms with van der Waals surface area (Å²) in [6.07, 6.45) is 1.41. The highest BCUT2D eigenvalue weighted by Crippen LogP contribution is 1.95. The van der Waals surface area contributed by atoms with Gasteiger partial charge < -0.3 is 18.9 Å². The number of ether oxygens (including phenoxy) is 4. The number of hydrogen-bond donors (Lipinski definition) is 0. The van der Waals surface area contributed by atoms with Gasteiger partial charge in [-0.3, -0.25) is 0 Å². The fourth-order valence-electron chi connectivity index (χ4n) is 1.22. The van der Waals surface area contributed by atoms with Crippen LogP contribution in [0, 0.1) is 0 Å². The van der Waals surface area contributed by atoms with Crippen LogP contribution in [0.2, 0.25) is 0 Å². The average Bonchev–Trinajstić information content (AvgIpc) is 2.38. The third-order valence-corrected chi connectivity index (χ3v) is 2.14.